The normalized spacial score (nSPS) is 12.7. The molecule has 1 heterocycles. The van der Waals surface area contributed by atoms with E-state index in [2.05, 4.69) is 46.4 Å². The first-order chi connectivity index (χ1) is 16.3. The lowest BCUT2D eigenvalue weighted by molar-refractivity contribution is 0.0971. The van der Waals surface area contributed by atoms with Gasteiger partial charge in [-0.3, -0.25) is 4.79 Å². The van der Waals surface area contributed by atoms with E-state index in [-0.39, 0.29) is 20.7 Å². The summed E-state index contributed by atoms with van der Waals surface area (Å²) in [6, 6.07) is 18.1. The Hall–Kier alpha value is -3.34. The lowest BCUT2D eigenvalue weighted by atomic mass is 9.94. The second-order valence-corrected chi connectivity index (χ2v) is 7.06. The van der Waals surface area contributed by atoms with Crippen LogP contribution < -0.4 is 5.32 Å². The van der Waals surface area contributed by atoms with Crippen molar-refractivity contribution in [1.29, 1.82) is 0 Å². The number of hydrogen-bond donors (Lipinski definition) is 1. The number of para-hydroxylation sites is 1. The molecule has 0 aromatic heterocycles. The minimum Gasteiger partial charge on any atom is -0.381 e. The number of carbonyl (C=O) groups excluding carboxylic acids is 1. The summed E-state index contributed by atoms with van der Waals surface area (Å²) >= 11 is 0. The molecular formula is C31H44N2O. The molecule has 0 bridgehead atoms. The van der Waals surface area contributed by atoms with E-state index in [9.17, 15) is 4.79 Å². The van der Waals surface area contributed by atoms with E-state index in [1.165, 1.54) is 0 Å². The Morgan fingerprint density at radius 3 is 2.50 bits per heavy atom. The Morgan fingerprint density at radius 2 is 1.79 bits per heavy atom. The molecule has 2 aromatic carbocycles. The fraction of sp³-hybridized carbons (Fsp3) is 0.387. The van der Waals surface area contributed by atoms with Crippen LogP contribution in [-0.2, 0) is 0 Å². The molecule has 0 saturated carbocycles. The minimum atomic E-state index is 0. The van der Waals surface area contributed by atoms with Gasteiger partial charge in [-0.2, -0.15) is 0 Å². The summed E-state index contributed by atoms with van der Waals surface area (Å²) in [5.74, 6) is 3.09. The largest absolute Gasteiger partial charge is 0.381 e. The Morgan fingerprint density at radius 1 is 1.12 bits per heavy atom. The number of carbonyl (C=O) groups is 1. The van der Waals surface area contributed by atoms with Crippen LogP contribution in [0, 0.1) is 0 Å². The van der Waals surface area contributed by atoms with Crippen molar-refractivity contribution in [1.82, 2.24) is 0 Å². The maximum Gasteiger partial charge on any atom is 0.166 e. The monoisotopic (exact) mass is 460 g/mol. The highest BCUT2D eigenvalue weighted by Crippen LogP contribution is 2.26. The van der Waals surface area contributed by atoms with Gasteiger partial charge < -0.3 is 5.32 Å². The minimum absolute atomic E-state index is 0. The van der Waals surface area contributed by atoms with Crippen molar-refractivity contribution in [3.8, 4) is 0 Å². The molecule has 2 aromatic rings. The summed E-state index contributed by atoms with van der Waals surface area (Å²) in [6.45, 7) is 12.5. The molecular weight excluding hydrogens is 416 g/mol. The highest BCUT2D eigenvalue weighted by molar-refractivity contribution is 6.03. The average Bonchev–Trinajstić information content (AvgIpc) is 2.88. The third-order valence-corrected chi connectivity index (χ3v) is 4.96. The Kier molecular flexibility index (Phi) is 17.3. The summed E-state index contributed by atoms with van der Waals surface area (Å²) < 4.78 is 0. The first kappa shape index (κ1) is 30.7. The Bertz CT molecular complexity index is 994. The molecule has 184 valence electrons. The molecule has 1 atom stereocenters. The predicted octanol–water partition coefficient (Wildman–Crippen LogP) is 8.80. The molecule has 1 aliphatic heterocycles. The van der Waals surface area contributed by atoms with Crippen LogP contribution in [-0.4, -0.2) is 24.2 Å². The van der Waals surface area contributed by atoms with Crippen LogP contribution in [0.1, 0.15) is 84.6 Å². The number of aliphatic imine (C=N–C) groups is 1. The van der Waals surface area contributed by atoms with Crippen LogP contribution in [0.15, 0.2) is 83.7 Å². The van der Waals surface area contributed by atoms with Gasteiger partial charge in [-0.05, 0) is 49.5 Å². The van der Waals surface area contributed by atoms with Crippen LogP contribution in [0.2, 0.25) is 0 Å². The third-order valence-electron chi connectivity index (χ3n) is 4.96. The molecule has 1 N–H and O–H groups in total. The topological polar surface area (TPSA) is 41.5 Å². The highest BCUT2D eigenvalue weighted by atomic mass is 16.1. The lowest BCUT2D eigenvalue weighted by Gasteiger charge is -2.25. The Labute approximate surface area is 209 Å². The molecule has 1 aliphatic rings. The Balaban J connectivity index is 0. The SMILES string of the molecule is C.C=C=C(CCC=C=C=NCCCC1CC(=O)c2ccccc2N1)c1ccccc1.CC.CC.[HH]. The molecule has 0 aliphatic carbocycles. The van der Waals surface area contributed by atoms with Gasteiger partial charge in [0.2, 0.25) is 0 Å². The number of benzene rings is 2. The summed E-state index contributed by atoms with van der Waals surface area (Å²) in [5, 5.41) is 3.46. The number of ketones is 1. The molecule has 0 fully saturated rings. The number of allylic oxidation sites excluding steroid dienone is 2. The predicted molar refractivity (Wildman–Crippen MR) is 152 cm³/mol. The van der Waals surface area contributed by atoms with E-state index < -0.39 is 0 Å². The van der Waals surface area contributed by atoms with Crippen LogP contribution in [0.5, 0.6) is 0 Å². The second kappa shape index (κ2) is 19.2. The van der Waals surface area contributed by atoms with Crippen molar-refractivity contribution in [2.24, 2.45) is 4.99 Å². The van der Waals surface area contributed by atoms with Gasteiger partial charge in [0.15, 0.2) is 5.78 Å². The van der Waals surface area contributed by atoms with Gasteiger partial charge in [0.25, 0.3) is 0 Å². The van der Waals surface area contributed by atoms with Crippen molar-refractivity contribution >= 4 is 22.9 Å². The number of anilines is 1. The first-order valence-electron chi connectivity index (χ1n) is 12.1. The average molecular weight is 461 g/mol. The van der Waals surface area contributed by atoms with Crippen molar-refractivity contribution in [3.63, 3.8) is 0 Å². The van der Waals surface area contributed by atoms with Gasteiger partial charge in [-0.15, -0.1) is 5.73 Å². The fourth-order valence-electron chi connectivity index (χ4n) is 3.46. The van der Waals surface area contributed by atoms with Crippen molar-refractivity contribution in [3.05, 3.63) is 89.8 Å². The summed E-state index contributed by atoms with van der Waals surface area (Å²) in [7, 11) is 0. The number of nitrogens with one attached hydrogen (secondary N) is 1. The fourth-order valence-corrected chi connectivity index (χ4v) is 3.46. The van der Waals surface area contributed by atoms with E-state index in [0.717, 1.165) is 48.1 Å². The van der Waals surface area contributed by atoms with Gasteiger partial charge >= 0.3 is 0 Å². The number of fused-ring (bicyclic) bond motifs is 1. The number of Topliss-reactive ketones (excluding diaryl/α,β-unsaturated/α-hetero) is 1. The van der Waals surface area contributed by atoms with Crippen LogP contribution in [0.3, 0.4) is 0 Å². The summed E-state index contributed by atoms with van der Waals surface area (Å²) in [4.78, 5) is 16.5. The van der Waals surface area contributed by atoms with Crippen molar-refractivity contribution < 1.29 is 6.22 Å². The molecule has 0 spiro atoms. The van der Waals surface area contributed by atoms with Gasteiger partial charge in [-0.25, -0.2) is 4.99 Å². The van der Waals surface area contributed by atoms with E-state index in [0.29, 0.717) is 13.0 Å². The summed E-state index contributed by atoms with van der Waals surface area (Å²) in [5.41, 5.74) is 10.0. The van der Waals surface area contributed by atoms with Crippen LogP contribution in [0.4, 0.5) is 5.69 Å². The number of nitrogens with zero attached hydrogens (tertiary/aromatic N) is 1. The van der Waals surface area contributed by atoms with Gasteiger partial charge in [0.1, 0.15) is 0 Å². The zero-order valence-electron chi connectivity index (χ0n) is 20.7. The number of hydrogen-bond acceptors (Lipinski definition) is 3. The molecule has 0 radical (unpaired) electrons. The highest BCUT2D eigenvalue weighted by Gasteiger charge is 2.23. The second-order valence-electron chi connectivity index (χ2n) is 7.06. The van der Waals surface area contributed by atoms with E-state index >= 15 is 0 Å². The van der Waals surface area contributed by atoms with E-state index in [1.807, 2.05) is 76.2 Å². The third kappa shape index (κ3) is 10.5. The number of rotatable bonds is 8. The first-order valence-corrected chi connectivity index (χ1v) is 12.1. The quantitative estimate of drug-likeness (QED) is 0.243. The van der Waals surface area contributed by atoms with E-state index in [1.54, 1.807) is 0 Å². The molecule has 3 nitrogen and oxygen atoms in total. The van der Waals surface area contributed by atoms with Crippen LogP contribution >= 0.6 is 0 Å². The lowest BCUT2D eigenvalue weighted by Crippen LogP contribution is -2.29. The van der Waals surface area contributed by atoms with Gasteiger partial charge in [0, 0.05) is 43.1 Å². The van der Waals surface area contributed by atoms with E-state index in [4.69, 9.17) is 0 Å². The molecule has 0 amide bonds. The molecule has 34 heavy (non-hydrogen) atoms. The molecule has 1 unspecified atom stereocenters. The molecule has 0 saturated heterocycles. The van der Waals surface area contributed by atoms with Crippen molar-refractivity contribution in [2.45, 2.75) is 73.3 Å². The standard InChI is InChI=1S/C26H26N2O.2C2H6.CH4.H2/c1-2-21(22-13-5-3-6-14-22)12-7-4-10-18-27-19-11-15-23-20-26(29)24-16-8-9-17-25(24)28-23;2*1-2;;/h3-6,8-9,13-14,16-17,23,28H,1,7,11-12,15,19-20H2;2*1-2H3;1H4;1H. The smallest absolute Gasteiger partial charge is 0.166 e. The summed E-state index contributed by atoms with van der Waals surface area (Å²) in [6.07, 6.45) is 6.05. The maximum absolute atomic E-state index is 12.2. The van der Waals surface area contributed by atoms with Crippen molar-refractivity contribution in [2.75, 3.05) is 11.9 Å². The zero-order valence-corrected chi connectivity index (χ0v) is 20.7. The molecule has 3 heteroatoms. The maximum atomic E-state index is 12.2. The van der Waals surface area contributed by atoms with Crippen LogP contribution in [0.25, 0.3) is 5.57 Å². The van der Waals surface area contributed by atoms with Gasteiger partial charge in [0.05, 0.1) is 0 Å². The zero-order chi connectivity index (χ0) is 24.3. The molecule has 3 rings (SSSR count). The van der Waals surface area contributed by atoms with Gasteiger partial charge in [-0.1, -0.05) is 89.9 Å².